The number of thiophene rings is 1. The Hall–Kier alpha value is -3.12. The van der Waals surface area contributed by atoms with Crippen molar-refractivity contribution in [3.63, 3.8) is 0 Å². The van der Waals surface area contributed by atoms with Crippen LogP contribution in [0.15, 0.2) is 66.0 Å². The number of nitrogens with one attached hydrogen (secondary N) is 2. The van der Waals surface area contributed by atoms with Crippen molar-refractivity contribution in [3.05, 3.63) is 82.0 Å². The molecule has 0 saturated carbocycles. The Bertz CT molecular complexity index is 921. The van der Waals surface area contributed by atoms with Crippen LogP contribution in [0.2, 0.25) is 0 Å². The SMILES string of the molecule is CCOc1ccccc1C(=O)Nc1ccc(CC(=O)NCc2cccs2)cc1. The van der Waals surface area contributed by atoms with Crippen molar-refractivity contribution in [2.45, 2.75) is 19.9 Å². The van der Waals surface area contributed by atoms with Crippen LogP contribution in [-0.4, -0.2) is 18.4 Å². The van der Waals surface area contributed by atoms with E-state index >= 15 is 0 Å². The second-order valence-electron chi connectivity index (χ2n) is 6.11. The van der Waals surface area contributed by atoms with Gasteiger partial charge in [0.25, 0.3) is 5.91 Å². The largest absolute Gasteiger partial charge is 0.493 e. The molecular formula is C22H22N2O3S. The first kappa shape index (κ1) is 19.6. The smallest absolute Gasteiger partial charge is 0.259 e. The quantitative estimate of drug-likeness (QED) is 0.600. The first-order valence-corrected chi connectivity index (χ1v) is 9.95. The highest BCUT2D eigenvalue weighted by atomic mass is 32.1. The van der Waals surface area contributed by atoms with E-state index in [9.17, 15) is 9.59 Å². The van der Waals surface area contributed by atoms with Crippen LogP contribution in [0, 0.1) is 0 Å². The molecule has 0 bridgehead atoms. The van der Waals surface area contributed by atoms with Gasteiger partial charge in [0.05, 0.1) is 25.1 Å². The number of rotatable bonds is 8. The maximum atomic E-state index is 12.5. The van der Waals surface area contributed by atoms with Crippen molar-refractivity contribution in [1.29, 1.82) is 0 Å². The number of carbonyl (C=O) groups excluding carboxylic acids is 2. The van der Waals surface area contributed by atoms with Gasteiger partial charge in [-0.25, -0.2) is 0 Å². The molecule has 0 saturated heterocycles. The number of amides is 2. The third-order valence-electron chi connectivity index (χ3n) is 4.05. The fourth-order valence-corrected chi connectivity index (χ4v) is 3.33. The van der Waals surface area contributed by atoms with Crippen LogP contribution in [0.4, 0.5) is 5.69 Å². The summed E-state index contributed by atoms with van der Waals surface area (Å²) in [4.78, 5) is 25.7. The molecule has 28 heavy (non-hydrogen) atoms. The molecule has 1 aromatic heterocycles. The van der Waals surface area contributed by atoms with Crippen molar-refractivity contribution >= 4 is 28.8 Å². The van der Waals surface area contributed by atoms with Crippen LogP contribution >= 0.6 is 11.3 Å². The zero-order chi connectivity index (χ0) is 19.8. The lowest BCUT2D eigenvalue weighted by atomic mass is 10.1. The Kier molecular flexibility index (Phi) is 6.81. The second-order valence-corrected chi connectivity index (χ2v) is 7.15. The summed E-state index contributed by atoms with van der Waals surface area (Å²) in [7, 11) is 0. The highest BCUT2D eigenvalue weighted by Crippen LogP contribution is 2.20. The minimum atomic E-state index is -0.231. The van der Waals surface area contributed by atoms with Crippen LogP contribution in [0.3, 0.4) is 0 Å². The number of para-hydroxylation sites is 1. The summed E-state index contributed by atoms with van der Waals surface area (Å²) in [5.41, 5.74) is 2.04. The molecule has 5 nitrogen and oxygen atoms in total. The molecule has 144 valence electrons. The highest BCUT2D eigenvalue weighted by molar-refractivity contribution is 7.09. The fourth-order valence-electron chi connectivity index (χ4n) is 2.69. The topological polar surface area (TPSA) is 67.4 Å². The molecule has 0 aliphatic rings. The zero-order valence-electron chi connectivity index (χ0n) is 15.6. The molecule has 2 aromatic carbocycles. The van der Waals surface area contributed by atoms with E-state index in [1.807, 2.05) is 42.6 Å². The van der Waals surface area contributed by atoms with Gasteiger partial charge < -0.3 is 15.4 Å². The van der Waals surface area contributed by atoms with Crippen molar-refractivity contribution in [2.24, 2.45) is 0 Å². The van der Waals surface area contributed by atoms with Gasteiger partial charge >= 0.3 is 0 Å². The molecule has 1 heterocycles. The first-order valence-electron chi connectivity index (χ1n) is 9.07. The van der Waals surface area contributed by atoms with Gasteiger partial charge in [-0.05, 0) is 48.2 Å². The van der Waals surface area contributed by atoms with Gasteiger partial charge in [0.1, 0.15) is 5.75 Å². The Morgan fingerprint density at radius 3 is 2.50 bits per heavy atom. The van der Waals surface area contributed by atoms with E-state index in [0.717, 1.165) is 10.4 Å². The molecule has 0 radical (unpaired) electrons. The van der Waals surface area contributed by atoms with Crippen molar-refractivity contribution in [3.8, 4) is 5.75 Å². The van der Waals surface area contributed by atoms with Crippen LogP contribution in [-0.2, 0) is 17.8 Å². The first-order chi connectivity index (χ1) is 13.7. The zero-order valence-corrected chi connectivity index (χ0v) is 16.4. The van der Waals surface area contributed by atoms with Crippen molar-refractivity contribution in [2.75, 3.05) is 11.9 Å². The predicted molar refractivity (Wildman–Crippen MR) is 112 cm³/mol. The number of carbonyl (C=O) groups is 2. The summed E-state index contributed by atoms with van der Waals surface area (Å²) in [5, 5.41) is 7.76. The molecule has 2 amide bonds. The Labute approximate surface area is 168 Å². The molecule has 0 atom stereocenters. The number of ether oxygens (including phenoxy) is 1. The van der Waals surface area contributed by atoms with Gasteiger partial charge in [-0.1, -0.05) is 30.3 Å². The normalized spacial score (nSPS) is 10.3. The van der Waals surface area contributed by atoms with E-state index in [1.54, 1.807) is 41.7 Å². The van der Waals surface area contributed by atoms with E-state index in [1.165, 1.54) is 0 Å². The molecule has 0 aliphatic carbocycles. The lowest BCUT2D eigenvalue weighted by Crippen LogP contribution is -2.24. The van der Waals surface area contributed by atoms with Crippen LogP contribution < -0.4 is 15.4 Å². The number of benzene rings is 2. The maximum Gasteiger partial charge on any atom is 0.259 e. The van der Waals surface area contributed by atoms with Crippen molar-refractivity contribution < 1.29 is 14.3 Å². The number of hydrogen-bond donors (Lipinski definition) is 2. The van der Waals surface area contributed by atoms with Crippen molar-refractivity contribution in [1.82, 2.24) is 5.32 Å². The summed E-state index contributed by atoms with van der Waals surface area (Å²) in [6, 6.07) is 18.4. The Balaban J connectivity index is 1.55. The average Bonchev–Trinajstić information content (AvgIpc) is 3.22. The second kappa shape index (κ2) is 9.71. The minimum absolute atomic E-state index is 0.0316. The Morgan fingerprint density at radius 2 is 1.79 bits per heavy atom. The van der Waals surface area contributed by atoms with E-state index < -0.39 is 0 Å². The van der Waals surface area contributed by atoms with E-state index in [2.05, 4.69) is 10.6 Å². The van der Waals surface area contributed by atoms with Gasteiger partial charge in [-0.2, -0.15) is 0 Å². The highest BCUT2D eigenvalue weighted by Gasteiger charge is 2.12. The molecule has 0 fully saturated rings. The van der Waals surface area contributed by atoms with Crippen LogP contribution in [0.1, 0.15) is 27.7 Å². The standard InChI is InChI=1S/C22H22N2O3S/c1-2-27-20-8-4-3-7-19(20)22(26)24-17-11-9-16(10-12-17)14-21(25)23-15-18-6-5-13-28-18/h3-13H,2,14-15H2,1H3,(H,23,25)(H,24,26). The van der Waals surface area contributed by atoms with Gasteiger partial charge in [-0.15, -0.1) is 11.3 Å². The van der Waals surface area contributed by atoms with Gasteiger partial charge in [-0.3, -0.25) is 9.59 Å². The fraction of sp³-hybridized carbons (Fsp3) is 0.182. The van der Waals surface area contributed by atoms with Gasteiger partial charge in [0, 0.05) is 10.6 Å². The number of hydrogen-bond acceptors (Lipinski definition) is 4. The van der Waals surface area contributed by atoms with E-state index in [4.69, 9.17) is 4.74 Å². The van der Waals surface area contributed by atoms with E-state index in [-0.39, 0.29) is 11.8 Å². The molecule has 3 aromatic rings. The molecule has 2 N–H and O–H groups in total. The van der Waals surface area contributed by atoms with Crippen LogP contribution in [0.25, 0.3) is 0 Å². The summed E-state index contributed by atoms with van der Waals surface area (Å²) >= 11 is 1.62. The van der Waals surface area contributed by atoms with Crippen LogP contribution in [0.5, 0.6) is 5.75 Å². The summed E-state index contributed by atoms with van der Waals surface area (Å²) in [6.45, 7) is 2.92. The third kappa shape index (κ3) is 5.44. The average molecular weight is 394 g/mol. The molecule has 0 spiro atoms. The van der Waals surface area contributed by atoms with E-state index in [0.29, 0.717) is 36.6 Å². The molecule has 3 rings (SSSR count). The van der Waals surface area contributed by atoms with Gasteiger partial charge in [0.2, 0.25) is 5.91 Å². The summed E-state index contributed by atoms with van der Waals surface area (Å²) < 4.78 is 5.50. The molecule has 0 unspecified atom stereocenters. The summed E-state index contributed by atoms with van der Waals surface area (Å²) in [6.07, 6.45) is 0.298. The molecule has 0 aliphatic heterocycles. The minimum Gasteiger partial charge on any atom is -0.493 e. The molecule has 6 heteroatoms. The molecular weight excluding hydrogens is 372 g/mol. The predicted octanol–water partition coefficient (Wildman–Crippen LogP) is 4.26. The summed E-state index contributed by atoms with van der Waals surface area (Å²) in [5.74, 6) is 0.294. The maximum absolute atomic E-state index is 12.5. The lowest BCUT2D eigenvalue weighted by molar-refractivity contribution is -0.120. The third-order valence-corrected chi connectivity index (χ3v) is 4.92. The lowest BCUT2D eigenvalue weighted by Gasteiger charge is -2.11. The Morgan fingerprint density at radius 1 is 1.00 bits per heavy atom. The monoisotopic (exact) mass is 394 g/mol. The number of anilines is 1. The van der Waals surface area contributed by atoms with Gasteiger partial charge in [0.15, 0.2) is 0 Å².